The van der Waals surface area contributed by atoms with Crippen molar-refractivity contribution in [1.29, 1.82) is 0 Å². The minimum Gasteiger partial charge on any atom is -0.497 e. The molecule has 3 rings (SSSR count). The number of likely N-dealkylation sites (tertiary alicyclic amines) is 1. The van der Waals surface area contributed by atoms with E-state index in [4.69, 9.17) is 4.74 Å². The number of methoxy groups -OCH3 is 1. The number of ether oxygens (including phenoxy) is 1. The second-order valence-corrected chi connectivity index (χ2v) is 6.01. The van der Waals surface area contributed by atoms with Gasteiger partial charge in [0.25, 0.3) is 0 Å². The molecule has 0 N–H and O–H groups in total. The SMILES string of the molecule is COc1cccc(CN2CCC[C@H]2Cn2nc(C)nc2C)c1. The first-order valence-corrected chi connectivity index (χ1v) is 7.91. The summed E-state index contributed by atoms with van der Waals surface area (Å²) in [6.07, 6.45) is 2.48. The van der Waals surface area contributed by atoms with Crippen LogP contribution in [0.5, 0.6) is 5.75 Å². The number of hydrogen-bond acceptors (Lipinski definition) is 4. The molecule has 1 aliphatic rings. The van der Waals surface area contributed by atoms with Crippen molar-refractivity contribution < 1.29 is 4.74 Å². The highest BCUT2D eigenvalue weighted by Gasteiger charge is 2.25. The van der Waals surface area contributed by atoms with Gasteiger partial charge in [0.1, 0.15) is 17.4 Å². The van der Waals surface area contributed by atoms with E-state index in [0.717, 1.165) is 37.0 Å². The maximum atomic E-state index is 5.32. The number of nitrogens with zero attached hydrogens (tertiary/aromatic N) is 4. The van der Waals surface area contributed by atoms with E-state index in [0.29, 0.717) is 6.04 Å². The first-order chi connectivity index (χ1) is 10.7. The lowest BCUT2D eigenvalue weighted by atomic mass is 10.1. The smallest absolute Gasteiger partial charge is 0.147 e. The van der Waals surface area contributed by atoms with Crippen LogP contribution in [0.25, 0.3) is 0 Å². The molecule has 1 saturated heterocycles. The lowest BCUT2D eigenvalue weighted by molar-refractivity contribution is 0.217. The van der Waals surface area contributed by atoms with Crippen molar-refractivity contribution >= 4 is 0 Å². The molecule has 22 heavy (non-hydrogen) atoms. The fourth-order valence-corrected chi connectivity index (χ4v) is 3.25. The molecule has 0 amide bonds. The number of hydrogen-bond donors (Lipinski definition) is 0. The van der Waals surface area contributed by atoms with Crippen LogP contribution in [0.15, 0.2) is 24.3 Å². The molecule has 2 aromatic rings. The van der Waals surface area contributed by atoms with Crippen molar-refractivity contribution in [3.8, 4) is 5.75 Å². The summed E-state index contributed by atoms with van der Waals surface area (Å²) in [6, 6.07) is 8.88. The van der Waals surface area contributed by atoms with Crippen LogP contribution in [0.2, 0.25) is 0 Å². The highest BCUT2D eigenvalue weighted by atomic mass is 16.5. The average Bonchev–Trinajstić information content (AvgIpc) is 3.06. The van der Waals surface area contributed by atoms with Gasteiger partial charge in [0, 0.05) is 12.6 Å². The highest BCUT2D eigenvalue weighted by molar-refractivity contribution is 5.28. The van der Waals surface area contributed by atoms with Crippen LogP contribution in [-0.2, 0) is 13.1 Å². The van der Waals surface area contributed by atoms with E-state index in [1.165, 1.54) is 18.4 Å². The lowest BCUT2D eigenvalue weighted by Gasteiger charge is -2.24. The zero-order valence-corrected chi connectivity index (χ0v) is 13.6. The lowest BCUT2D eigenvalue weighted by Crippen LogP contribution is -2.33. The summed E-state index contributed by atoms with van der Waals surface area (Å²) >= 11 is 0. The molecule has 5 heteroatoms. The van der Waals surface area contributed by atoms with Crippen LogP contribution in [0.4, 0.5) is 0 Å². The van der Waals surface area contributed by atoms with Gasteiger partial charge in [0.2, 0.25) is 0 Å². The van der Waals surface area contributed by atoms with Crippen LogP contribution < -0.4 is 4.74 Å². The summed E-state index contributed by atoms with van der Waals surface area (Å²) < 4.78 is 7.36. The number of rotatable bonds is 5. The van der Waals surface area contributed by atoms with E-state index in [1.807, 2.05) is 24.6 Å². The molecule has 2 heterocycles. The van der Waals surface area contributed by atoms with Gasteiger partial charge in [-0.3, -0.25) is 4.90 Å². The third kappa shape index (κ3) is 3.30. The zero-order chi connectivity index (χ0) is 15.5. The highest BCUT2D eigenvalue weighted by Crippen LogP contribution is 2.23. The summed E-state index contributed by atoms with van der Waals surface area (Å²) in [4.78, 5) is 6.95. The Bertz CT molecular complexity index is 637. The molecular formula is C17H24N4O. The second kappa shape index (κ2) is 6.48. The molecule has 0 unspecified atom stereocenters. The Morgan fingerprint density at radius 3 is 2.91 bits per heavy atom. The molecule has 0 saturated carbocycles. The van der Waals surface area contributed by atoms with Gasteiger partial charge < -0.3 is 4.74 Å². The summed E-state index contributed by atoms with van der Waals surface area (Å²) in [5, 5.41) is 4.50. The molecular weight excluding hydrogens is 276 g/mol. The summed E-state index contributed by atoms with van der Waals surface area (Å²) in [7, 11) is 1.72. The molecule has 0 aliphatic carbocycles. The third-order valence-electron chi connectivity index (χ3n) is 4.37. The van der Waals surface area contributed by atoms with Gasteiger partial charge in [0.05, 0.1) is 13.7 Å². The second-order valence-electron chi connectivity index (χ2n) is 6.01. The van der Waals surface area contributed by atoms with Crippen molar-refractivity contribution in [2.75, 3.05) is 13.7 Å². The Morgan fingerprint density at radius 2 is 2.18 bits per heavy atom. The minimum absolute atomic E-state index is 0.533. The quantitative estimate of drug-likeness (QED) is 0.851. The van der Waals surface area contributed by atoms with E-state index in [1.54, 1.807) is 7.11 Å². The van der Waals surface area contributed by atoms with Crippen molar-refractivity contribution in [1.82, 2.24) is 19.7 Å². The molecule has 5 nitrogen and oxygen atoms in total. The van der Waals surface area contributed by atoms with Gasteiger partial charge in [-0.25, -0.2) is 9.67 Å². The Hall–Kier alpha value is -1.88. The predicted octanol–water partition coefficient (Wildman–Crippen LogP) is 2.57. The van der Waals surface area contributed by atoms with Crippen LogP contribution in [0, 0.1) is 13.8 Å². The van der Waals surface area contributed by atoms with Gasteiger partial charge in [-0.1, -0.05) is 12.1 Å². The number of aromatic nitrogens is 3. The van der Waals surface area contributed by atoms with Crippen LogP contribution >= 0.6 is 0 Å². The van der Waals surface area contributed by atoms with Gasteiger partial charge in [0.15, 0.2) is 0 Å². The first kappa shape index (κ1) is 15.0. The molecule has 1 aliphatic heterocycles. The van der Waals surface area contributed by atoms with Crippen LogP contribution in [0.3, 0.4) is 0 Å². The van der Waals surface area contributed by atoms with Gasteiger partial charge in [-0.2, -0.15) is 5.10 Å². The van der Waals surface area contributed by atoms with E-state index < -0.39 is 0 Å². The van der Waals surface area contributed by atoms with Gasteiger partial charge in [-0.15, -0.1) is 0 Å². The normalized spacial score (nSPS) is 18.8. The van der Waals surface area contributed by atoms with Crippen molar-refractivity contribution in [3.05, 3.63) is 41.5 Å². The zero-order valence-electron chi connectivity index (χ0n) is 13.6. The van der Waals surface area contributed by atoms with Crippen LogP contribution in [0.1, 0.15) is 30.1 Å². The molecule has 1 fully saturated rings. The Kier molecular flexibility index (Phi) is 4.43. The number of benzene rings is 1. The standard InChI is InChI=1S/C17H24N4O/c1-13-18-14(2)21(19-13)12-16-7-5-9-20(16)11-15-6-4-8-17(10-15)22-3/h4,6,8,10,16H,5,7,9,11-12H2,1-3H3/t16-/m0/s1. The Labute approximate surface area is 131 Å². The van der Waals surface area contributed by atoms with Gasteiger partial charge in [-0.05, 0) is 50.9 Å². The summed E-state index contributed by atoms with van der Waals surface area (Å²) in [5.41, 5.74) is 1.30. The topological polar surface area (TPSA) is 43.2 Å². The minimum atomic E-state index is 0.533. The van der Waals surface area contributed by atoms with E-state index in [2.05, 4.69) is 33.2 Å². The maximum absolute atomic E-state index is 5.32. The Balaban J connectivity index is 1.69. The fourth-order valence-electron chi connectivity index (χ4n) is 3.25. The molecule has 0 bridgehead atoms. The summed E-state index contributed by atoms with van der Waals surface area (Å²) in [5.74, 6) is 2.79. The largest absolute Gasteiger partial charge is 0.497 e. The molecule has 1 atom stereocenters. The van der Waals surface area contributed by atoms with Gasteiger partial charge >= 0.3 is 0 Å². The fraction of sp³-hybridized carbons (Fsp3) is 0.529. The average molecular weight is 300 g/mol. The van der Waals surface area contributed by atoms with Crippen molar-refractivity contribution in [2.45, 2.75) is 45.8 Å². The van der Waals surface area contributed by atoms with Crippen LogP contribution in [-0.4, -0.2) is 39.4 Å². The van der Waals surface area contributed by atoms with E-state index in [-0.39, 0.29) is 0 Å². The van der Waals surface area contributed by atoms with E-state index >= 15 is 0 Å². The molecule has 0 spiro atoms. The Morgan fingerprint density at radius 1 is 1.32 bits per heavy atom. The van der Waals surface area contributed by atoms with Crippen molar-refractivity contribution in [2.24, 2.45) is 0 Å². The molecule has 1 aromatic carbocycles. The predicted molar refractivity (Wildman–Crippen MR) is 85.9 cm³/mol. The third-order valence-corrected chi connectivity index (χ3v) is 4.37. The molecule has 118 valence electrons. The molecule has 0 radical (unpaired) electrons. The summed E-state index contributed by atoms with van der Waals surface area (Å²) in [6.45, 7) is 7.02. The van der Waals surface area contributed by atoms with Crippen molar-refractivity contribution in [3.63, 3.8) is 0 Å². The maximum Gasteiger partial charge on any atom is 0.147 e. The first-order valence-electron chi connectivity index (χ1n) is 7.91. The monoisotopic (exact) mass is 300 g/mol. The van der Waals surface area contributed by atoms with E-state index in [9.17, 15) is 0 Å². The number of aryl methyl sites for hydroxylation is 2. The molecule has 1 aromatic heterocycles.